The SMILES string of the molecule is CCCCCC#CC(C)(O)C1(C(=O)Nc2ccc(Cl)cc2)CC1. The van der Waals surface area contributed by atoms with Gasteiger partial charge in [-0.3, -0.25) is 4.79 Å². The largest absolute Gasteiger partial charge is 0.377 e. The maximum absolute atomic E-state index is 12.6. The number of unbranched alkanes of at least 4 members (excludes halogenated alkanes) is 3. The molecular weight excluding hydrogens is 310 g/mol. The molecule has 1 aromatic rings. The molecule has 1 unspecified atom stereocenters. The summed E-state index contributed by atoms with van der Waals surface area (Å²) in [4.78, 5) is 12.6. The Morgan fingerprint density at radius 1 is 1.35 bits per heavy atom. The zero-order valence-corrected chi connectivity index (χ0v) is 14.5. The second-order valence-corrected chi connectivity index (χ2v) is 6.81. The Balaban J connectivity index is 2.01. The van der Waals surface area contributed by atoms with Gasteiger partial charge < -0.3 is 10.4 Å². The van der Waals surface area contributed by atoms with Gasteiger partial charge in [-0.25, -0.2) is 0 Å². The number of carbonyl (C=O) groups excluding carboxylic acids is 1. The van der Waals surface area contributed by atoms with Crippen LogP contribution in [0.4, 0.5) is 5.69 Å². The van der Waals surface area contributed by atoms with Crippen molar-refractivity contribution in [2.75, 3.05) is 5.32 Å². The Bertz CT molecular complexity index is 606. The number of anilines is 1. The van der Waals surface area contributed by atoms with Gasteiger partial charge in [-0.05, 0) is 50.5 Å². The first-order valence-electron chi connectivity index (χ1n) is 8.21. The van der Waals surface area contributed by atoms with Crippen molar-refractivity contribution in [2.24, 2.45) is 5.41 Å². The van der Waals surface area contributed by atoms with E-state index < -0.39 is 11.0 Å². The van der Waals surface area contributed by atoms with E-state index in [9.17, 15) is 9.90 Å². The van der Waals surface area contributed by atoms with Crippen LogP contribution < -0.4 is 5.32 Å². The summed E-state index contributed by atoms with van der Waals surface area (Å²) < 4.78 is 0. The summed E-state index contributed by atoms with van der Waals surface area (Å²) in [7, 11) is 0. The van der Waals surface area contributed by atoms with Gasteiger partial charge in [0.1, 0.15) is 5.60 Å². The molecule has 1 aliphatic carbocycles. The number of hydrogen-bond acceptors (Lipinski definition) is 2. The zero-order chi connectivity index (χ0) is 16.9. The minimum absolute atomic E-state index is 0.173. The van der Waals surface area contributed by atoms with E-state index >= 15 is 0 Å². The van der Waals surface area contributed by atoms with Gasteiger partial charge in [0.05, 0.1) is 5.41 Å². The molecule has 124 valence electrons. The molecule has 3 nitrogen and oxygen atoms in total. The average molecular weight is 334 g/mol. The number of amides is 1. The van der Waals surface area contributed by atoms with E-state index in [1.54, 1.807) is 31.2 Å². The zero-order valence-electron chi connectivity index (χ0n) is 13.8. The molecule has 23 heavy (non-hydrogen) atoms. The van der Waals surface area contributed by atoms with Gasteiger partial charge in [0.15, 0.2) is 0 Å². The molecule has 2 N–H and O–H groups in total. The number of carbonyl (C=O) groups is 1. The number of rotatable bonds is 6. The highest BCUT2D eigenvalue weighted by atomic mass is 35.5. The van der Waals surface area contributed by atoms with Gasteiger partial charge >= 0.3 is 0 Å². The fourth-order valence-electron chi connectivity index (χ4n) is 2.66. The van der Waals surface area contributed by atoms with E-state index in [-0.39, 0.29) is 5.91 Å². The monoisotopic (exact) mass is 333 g/mol. The topological polar surface area (TPSA) is 49.3 Å². The fraction of sp³-hybridized carbons (Fsp3) is 0.526. The third-order valence-corrected chi connectivity index (χ3v) is 4.71. The van der Waals surface area contributed by atoms with E-state index in [0.29, 0.717) is 23.6 Å². The predicted octanol–water partition coefficient (Wildman–Crippen LogP) is 4.39. The standard InChI is InChI=1S/C19H24ClNO2/c1-3-4-5-6-7-12-18(2,23)19(13-14-19)17(22)21-16-10-8-15(20)9-11-16/h8-11,23H,3-6,13-14H2,1-2H3,(H,21,22). The second kappa shape index (κ2) is 7.38. The van der Waals surface area contributed by atoms with Crippen molar-refractivity contribution in [3.63, 3.8) is 0 Å². The van der Waals surface area contributed by atoms with Crippen LogP contribution >= 0.6 is 11.6 Å². The van der Waals surface area contributed by atoms with E-state index in [0.717, 1.165) is 25.7 Å². The molecule has 0 bridgehead atoms. The van der Waals surface area contributed by atoms with E-state index in [2.05, 4.69) is 24.1 Å². The van der Waals surface area contributed by atoms with Crippen LogP contribution in [0.2, 0.25) is 5.02 Å². The lowest BCUT2D eigenvalue weighted by molar-refractivity contribution is -0.127. The molecule has 2 rings (SSSR count). The Morgan fingerprint density at radius 3 is 2.57 bits per heavy atom. The first kappa shape index (κ1) is 17.8. The number of benzene rings is 1. The second-order valence-electron chi connectivity index (χ2n) is 6.37. The Hall–Kier alpha value is -1.50. The molecule has 1 aromatic carbocycles. The van der Waals surface area contributed by atoms with Crippen molar-refractivity contribution in [1.82, 2.24) is 0 Å². The van der Waals surface area contributed by atoms with Crippen molar-refractivity contribution >= 4 is 23.2 Å². The highest BCUT2D eigenvalue weighted by molar-refractivity contribution is 6.30. The normalized spacial score (nSPS) is 17.6. The number of aliphatic hydroxyl groups is 1. The lowest BCUT2D eigenvalue weighted by atomic mass is 9.85. The van der Waals surface area contributed by atoms with Gasteiger partial charge in [0, 0.05) is 17.1 Å². The van der Waals surface area contributed by atoms with E-state index in [1.165, 1.54) is 0 Å². The Kier molecular flexibility index (Phi) is 5.73. The van der Waals surface area contributed by atoms with Crippen molar-refractivity contribution in [3.05, 3.63) is 29.3 Å². The van der Waals surface area contributed by atoms with Crippen LogP contribution in [-0.2, 0) is 4.79 Å². The van der Waals surface area contributed by atoms with Crippen LogP contribution in [0.15, 0.2) is 24.3 Å². The molecule has 0 heterocycles. The summed E-state index contributed by atoms with van der Waals surface area (Å²) in [6.45, 7) is 3.79. The molecule has 1 amide bonds. The van der Waals surface area contributed by atoms with Gasteiger partial charge in [0.2, 0.25) is 5.91 Å². The number of halogens is 1. The maximum Gasteiger partial charge on any atom is 0.234 e. The van der Waals surface area contributed by atoms with Gasteiger partial charge in [-0.15, -0.1) is 5.92 Å². The highest BCUT2D eigenvalue weighted by Crippen LogP contribution is 2.54. The Labute approximate surface area is 143 Å². The maximum atomic E-state index is 12.6. The van der Waals surface area contributed by atoms with Crippen molar-refractivity contribution in [1.29, 1.82) is 0 Å². The molecule has 0 aromatic heterocycles. The van der Waals surface area contributed by atoms with E-state index in [1.807, 2.05) is 0 Å². The van der Waals surface area contributed by atoms with Gasteiger partial charge in [-0.2, -0.15) is 0 Å². The van der Waals surface area contributed by atoms with Crippen LogP contribution in [0.3, 0.4) is 0 Å². The third kappa shape index (κ3) is 4.28. The van der Waals surface area contributed by atoms with E-state index in [4.69, 9.17) is 11.6 Å². The first-order valence-corrected chi connectivity index (χ1v) is 8.58. The fourth-order valence-corrected chi connectivity index (χ4v) is 2.79. The summed E-state index contributed by atoms with van der Waals surface area (Å²) in [5, 5.41) is 14.2. The molecule has 4 heteroatoms. The molecular formula is C19H24ClNO2. The van der Waals surface area contributed by atoms with Gasteiger partial charge in [0.25, 0.3) is 0 Å². The van der Waals surface area contributed by atoms with Crippen LogP contribution in [0.25, 0.3) is 0 Å². The third-order valence-electron chi connectivity index (χ3n) is 4.46. The summed E-state index contributed by atoms with van der Waals surface area (Å²) >= 11 is 5.85. The van der Waals surface area contributed by atoms with Crippen LogP contribution in [0.1, 0.15) is 52.4 Å². The predicted molar refractivity (Wildman–Crippen MR) is 94.3 cm³/mol. The van der Waals surface area contributed by atoms with Crippen LogP contribution in [-0.4, -0.2) is 16.6 Å². The molecule has 0 radical (unpaired) electrons. The minimum atomic E-state index is -1.30. The molecule has 1 aliphatic rings. The molecule has 0 saturated heterocycles. The summed E-state index contributed by atoms with van der Waals surface area (Å²) in [6, 6.07) is 6.95. The van der Waals surface area contributed by atoms with Crippen LogP contribution in [0, 0.1) is 17.3 Å². The smallest absolute Gasteiger partial charge is 0.234 e. The molecule has 1 saturated carbocycles. The average Bonchev–Trinajstić information content (AvgIpc) is 3.31. The van der Waals surface area contributed by atoms with Crippen molar-refractivity contribution in [2.45, 2.75) is 58.0 Å². The highest BCUT2D eigenvalue weighted by Gasteiger charge is 2.61. The number of hydrogen-bond donors (Lipinski definition) is 2. The van der Waals surface area contributed by atoms with Gasteiger partial charge in [-0.1, -0.05) is 37.3 Å². The summed E-state index contributed by atoms with van der Waals surface area (Å²) in [5.41, 5.74) is -1.42. The lowest BCUT2D eigenvalue weighted by Gasteiger charge is -2.27. The quantitative estimate of drug-likeness (QED) is 0.599. The van der Waals surface area contributed by atoms with Crippen molar-refractivity contribution < 1.29 is 9.90 Å². The number of nitrogens with one attached hydrogen (secondary N) is 1. The lowest BCUT2D eigenvalue weighted by Crippen LogP contribution is -2.43. The minimum Gasteiger partial charge on any atom is -0.377 e. The summed E-state index contributed by atoms with van der Waals surface area (Å²) in [6.07, 6.45) is 5.39. The Morgan fingerprint density at radius 2 is 2.00 bits per heavy atom. The molecule has 1 fully saturated rings. The molecule has 0 aliphatic heterocycles. The summed E-state index contributed by atoms with van der Waals surface area (Å²) in [5.74, 6) is 5.78. The molecule has 0 spiro atoms. The van der Waals surface area contributed by atoms with Crippen molar-refractivity contribution in [3.8, 4) is 11.8 Å². The first-order chi connectivity index (χ1) is 10.9. The van der Waals surface area contributed by atoms with Crippen LogP contribution in [0.5, 0.6) is 0 Å². The molecule has 1 atom stereocenters.